The van der Waals surface area contributed by atoms with E-state index >= 15 is 0 Å². The molecule has 0 aliphatic rings. The monoisotopic (exact) mass is 451 g/mol. The van der Waals surface area contributed by atoms with Crippen molar-refractivity contribution < 1.29 is 0 Å². The van der Waals surface area contributed by atoms with Crippen LogP contribution in [0.25, 0.3) is 0 Å². The first-order valence-corrected chi connectivity index (χ1v) is 15.4. The van der Waals surface area contributed by atoms with Crippen molar-refractivity contribution in [2.45, 2.75) is 177 Å². The molecule has 32 heavy (non-hydrogen) atoms. The maximum atomic E-state index is 2.59. The van der Waals surface area contributed by atoms with Gasteiger partial charge in [0.1, 0.15) is 0 Å². The van der Waals surface area contributed by atoms with E-state index in [1.54, 1.807) is 0 Å². The second-order valence-corrected chi connectivity index (χ2v) is 12.0. The van der Waals surface area contributed by atoms with E-state index in [-0.39, 0.29) is 0 Å². The quantitative estimate of drug-likeness (QED) is 0.128. The van der Waals surface area contributed by atoms with Gasteiger partial charge in [0.2, 0.25) is 0 Å². The molecule has 0 rings (SSSR count). The Morgan fingerprint density at radius 2 is 1.00 bits per heavy atom. The fraction of sp³-hybridized carbons (Fsp3) is 1.00. The summed E-state index contributed by atoms with van der Waals surface area (Å²) in [6.45, 7) is 16.9. The van der Waals surface area contributed by atoms with Gasteiger partial charge in [-0.05, 0) is 36.0 Å². The Hall–Kier alpha value is 0. The highest BCUT2D eigenvalue weighted by Crippen LogP contribution is 2.31. The molecule has 0 spiro atoms. The molecule has 0 aliphatic heterocycles. The molecule has 0 aromatic heterocycles. The summed E-state index contributed by atoms with van der Waals surface area (Å²) < 4.78 is 0. The Bertz CT molecular complexity index is 357. The minimum Gasteiger partial charge on any atom is -0.0654 e. The van der Waals surface area contributed by atoms with Gasteiger partial charge in [-0.3, -0.25) is 0 Å². The number of hydrogen-bond acceptors (Lipinski definition) is 0. The molecule has 0 aromatic rings. The average molecular weight is 451 g/mol. The lowest BCUT2D eigenvalue weighted by molar-refractivity contribution is 0.260. The minimum atomic E-state index is 0.864. The summed E-state index contributed by atoms with van der Waals surface area (Å²) in [4.78, 5) is 0. The van der Waals surface area contributed by atoms with Crippen molar-refractivity contribution >= 4 is 0 Å². The van der Waals surface area contributed by atoms with Crippen LogP contribution < -0.4 is 0 Å². The summed E-state index contributed by atoms with van der Waals surface area (Å²) in [6, 6.07) is 0. The van der Waals surface area contributed by atoms with Gasteiger partial charge in [-0.2, -0.15) is 0 Å². The lowest BCUT2D eigenvalue weighted by Crippen LogP contribution is -2.14. The van der Waals surface area contributed by atoms with E-state index in [9.17, 15) is 0 Å². The van der Waals surface area contributed by atoms with Crippen LogP contribution in [-0.4, -0.2) is 0 Å². The van der Waals surface area contributed by atoms with E-state index in [0.29, 0.717) is 0 Å². The van der Waals surface area contributed by atoms with Crippen LogP contribution in [0.4, 0.5) is 0 Å². The van der Waals surface area contributed by atoms with Crippen LogP contribution in [-0.2, 0) is 0 Å². The van der Waals surface area contributed by atoms with Gasteiger partial charge in [0.15, 0.2) is 0 Å². The maximum absolute atomic E-state index is 2.59. The van der Waals surface area contributed by atoms with Gasteiger partial charge in [-0.25, -0.2) is 0 Å². The lowest BCUT2D eigenvalue weighted by atomic mass is 9.80. The average Bonchev–Trinajstić information content (AvgIpc) is 2.78. The van der Waals surface area contributed by atoms with Gasteiger partial charge < -0.3 is 0 Å². The first-order valence-electron chi connectivity index (χ1n) is 15.4. The van der Waals surface area contributed by atoms with Crippen LogP contribution in [0.1, 0.15) is 177 Å². The van der Waals surface area contributed by atoms with Gasteiger partial charge >= 0.3 is 0 Å². The molecule has 4 atom stereocenters. The molecule has 0 aromatic carbocycles. The Morgan fingerprint density at radius 3 is 1.59 bits per heavy atom. The van der Waals surface area contributed by atoms with E-state index < -0.39 is 0 Å². The van der Waals surface area contributed by atoms with Crippen molar-refractivity contribution in [1.82, 2.24) is 0 Å². The predicted molar refractivity (Wildman–Crippen MR) is 150 cm³/mol. The largest absolute Gasteiger partial charge is 0.0654 e. The second kappa shape index (κ2) is 22.8. The van der Waals surface area contributed by atoms with Crippen LogP contribution in [0.2, 0.25) is 0 Å². The van der Waals surface area contributed by atoms with Crippen LogP contribution in [0.5, 0.6) is 0 Å². The van der Waals surface area contributed by atoms with Gasteiger partial charge in [0, 0.05) is 0 Å². The van der Waals surface area contributed by atoms with Crippen LogP contribution in [0.3, 0.4) is 0 Å². The fourth-order valence-electron chi connectivity index (χ4n) is 5.45. The lowest BCUT2D eigenvalue weighted by Gasteiger charge is -2.26. The van der Waals surface area contributed by atoms with E-state index in [4.69, 9.17) is 0 Å². The SMILES string of the molecule is CCCCCCC(CC)CCCC(C)C(CCCCCCCCC(C)CC)CCC(C)C. The van der Waals surface area contributed by atoms with E-state index in [1.807, 2.05) is 0 Å². The van der Waals surface area contributed by atoms with Crippen LogP contribution >= 0.6 is 0 Å². The zero-order valence-corrected chi connectivity index (χ0v) is 24.0. The zero-order valence-electron chi connectivity index (χ0n) is 24.0. The second-order valence-electron chi connectivity index (χ2n) is 12.0. The summed E-state index contributed by atoms with van der Waals surface area (Å²) in [6.07, 6.45) is 29.1. The molecular formula is C32H66. The van der Waals surface area contributed by atoms with Crippen LogP contribution in [0, 0.1) is 29.6 Å². The highest BCUT2D eigenvalue weighted by Gasteiger charge is 2.18. The van der Waals surface area contributed by atoms with Crippen molar-refractivity contribution in [3.05, 3.63) is 0 Å². The van der Waals surface area contributed by atoms with Crippen molar-refractivity contribution in [3.8, 4) is 0 Å². The van der Waals surface area contributed by atoms with Crippen molar-refractivity contribution in [3.63, 3.8) is 0 Å². The van der Waals surface area contributed by atoms with Gasteiger partial charge in [0.05, 0.1) is 0 Å². The van der Waals surface area contributed by atoms with E-state index in [2.05, 4.69) is 48.5 Å². The molecular weight excluding hydrogens is 384 g/mol. The summed E-state index contributed by atoms with van der Waals surface area (Å²) in [5.41, 5.74) is 0. The first kappa shape index (κ1) is 32.0. The molecule has 0 amide bonds. The van der Waals surface area contributed by atoms with Crippen molar-refractivity contribution in [1.29, 1.82) is 0 Å². The molecule has 0 nitrogen and oxygen atoms in total. The Labute approximate surface area is 206 Å². The Kier molecular flexibility index (Phi) is 22.8. The third-order valence-electron chi connectivity index (χ3n) is 8.45. The Morgan fingerprint density at radius 1 is 0.438 bits per heavy atom. The highest BCUT2D eigenvalue weighted by molar-refractivity contribution is 4.70. The molecule has 0 saturated carbocycles. The molecule has 0 fully saturated rings. The van der Waals surface area contributed by atoms with Gasteiger partial charge in [-0.15, -0.1) is 0 Å². The standard InChI is InChI=1S/C32H66/c1-8-11-12-18-23-31(10-3)24-20-22-30(7)32(27-26-28(4)5)25-19-16-14-13-15-17-21-29(6)9-2/h28-32H,8-27H2,1-7H3. The maximum Gasteiger partial charge on any atom is -0.0388 e. The minimum absolute atomic E-state index is 0.864. The molecule has 0 aliphatic carbocycles. The third kappa shape index (κ3) is 19.5. The smallest absolute Gasteiger partial charge is 0.0388 e. The van der Waals surface area contributed by atoms with E-state index in [1.165, 1.54) is 128 Å². The number of rotatable bonds is 24. The number of hydrogen-bond donors (Lipinski definition) is 0. The van der Waals surface area contributed by atoms with Crippen molar-refractivity contribution in [2.75, 3.05) is 0 Å². The summed E-state index contributed by atoms with van der Waals surface area (Å²) in [5, 5.41) is 0. The molecule has 0 heteroatoms. The first-order chi connectivity index (χ1) is 15.4. The van der Waals surface area contributed by atoms with Gasteiger partial charge in [-0.1, -0.05) is 170 Å². The normalized spacial score (nSPS) is 15.8. The van der Waals surface area contributed by atoms with E-state index in [0.717, 1.165) is 29.6 Å². The third-order valence-corrected chi connectivity index (χ3v) is 8.45. The van der Waals surface area contributed by atoms with Crippen LogP contribution in [0.15, 0.2) is 0 Å². The molecule has 4 unspecified atom stereocenters. The molecule has 194 valence electrons. The summed E-state index contributed by atoms with van der Waals surface area (Å²) in [7, 11) is 0. The zero-order chi connectivity index (χ0) is 24.0. The topological polar surface area (TPSA) is 0 Å². The Balaban J connectivity index is 4.12. The molecule has 0 N–H and O–H groups in total. The molecule has 0 bridgehead atoms. The van der Waals surface area contributed by atoms with Gasteiger partial charge in [0.25, 0.3) is 0 Å². The number of unbranched alkanes of at least 4 members (excludes halogenated alkanes) is 8. The summed E-state index contributed by atoms with van der Waals surface area (Å²) in [5.74, 6) is 4.71. The molecule has 0 heterocycles. The molecule has 0 radical (unpaired) electrons. The molecule has 0 saturated heterocycles. The predicted octanol–water partition coefficient (Wildman–Crippen LogP) is 12.0. The van der Waals surface area contributed by atoms with Crippen molar-refractivity contribution in [2.24, 2.45) is 29.6 Å². The summed E-state index contributed by atoms with van der Waals surface area (Å²) >= 11 is 0. The highest BCUT2D eigenvalue weighted by atomic mass is 14.2. The fourth-order valence-corrected chi connectivity index (χ4v) is 5.45.